The molecular formula is C14H10Cl2N4O. The molecule has 0 unspecified atom stereocenters. The van der Waals surface area contributed by atoms with Gasteiger partial charge in [0.1, 0.15) is 0 Å². The van der Waals surface area contributed by atoms with Crippen molar-refractivity contribution in [2.75, 3.05) is 5.73 Å². The predicted molar refractivity (Wildman–Crippen MR) is 82.1 cm³/mol. The van der Waals surface area contributed by atoms with Crippen molar-refractivity contribution < 1.29 is 4.52 Å². The largest absolute Gasteiger partial charge is 0.397 e. The van der Waals surface area contributed by atoms with E-state index in [1.165, 1.54) is 0 Å². The van der Waals surface area contributed by atoms with Gasteiger partial charge in [-0.05, 0) is 30.7 Å². The lowest BCUT2D eigenvalue weighted by Crippen LogP contribution is -1.92. The van der Waals surface area contributed by atoms with Crippen molar-refractivity contribution in [3.63, 3.8) is 0 Å². The maximum atomic E-state index is 6.01. The van der Waals surface area contributed by atoms with Crippen molar-refractivity contribution in [1.82, 2.24) is 15.1 Å². The van der Waals surface area contributed by atoms with Crippen LogP contribution in [0.4, 0.5) is 5.69 Å². The molecule has 0 atom stereocenters. The minimum Gasteiger partial charge on any atom is -0.397 e. The highest BCUT2D eigenvalue weighted by atomic mass is 35.5. The van der Waals surface area contributed by atoms with Gasteiger partial charge in [-0.15, -0.1) is 0 Å². The molecule has 21 heavy (non-hydrogen) atoms. The van der Waals surface area contributed by atoms with E-state index >= 15 is 0 Å². The first-order valence-electron chi connectivity index (χ1n) is 6.06. The number of aromatic nitrogens is 3. The quantitative estimate of drug-likeness (QED) is 0.722. The summed E-state index contributed by atoms with van der Waals surface area (Å²) in [5.41, 5.74) is 8.57. The van der Waals surface area contributed by atoms with Crippen LogP contribution in [0.2, 0.25) is 10.0 Å². The summed E-state index contributed by atoms with van der Waals surface area (Å²) >= 11 is 12.0. The Hall–Kier alpha value is -2.11. The summed E-state index contributed by atoms with van der Waals surface area (Å²) in [6, 6.07) is 5.07. The van der Waals surface area contributed by atoms with Crippen LogP contribution in [-0.4, -0.2) is 15.1 Å². The minimum absolute atomic E-state index is 0.259. The molecular weight excluding hydrogens is 311 g/mol. The van der Waals surface area contributed by atoms with Gasteiger partial charge in [-0.1, -0.05) is 28.4 Å². The molecule has 2 N–H and O–H groups in total. The SMILES string of the molecule is Cc1ccncc1-c1noc(-c2cc(Cl)cc(Cl)c2N)n1. The summed E-state index contributed by atoms with van der Waals surface area (Å²) in [7, 11) is 0. The number of nitrogens with zero attached hydrogens (tertiary/aromatic N) is 3. The maximum absolute atomic E-state index is 6.01. The Labute approximate surface area is 130 Å². The van der Waals surface area contributed by atoms with Crippen molar-refractivity contribution >= 4 is 28.9 Å². The van der Waals surface area contributed by atoms with E-state index in [0.717, 1.165) is 11.1 Å². The van der Waals surface area contributed by atoms with E-state index in [1.54, 1.807) is 24.5 Å². The molecule has 0 bridgehead atoms. The number of rotatable bonds is 2. The first-order valence-corrected chi connectivity index (χ1v) is 6.81. The zero-order chi connectivity index (χ0) is 15.0. The fraction of sp³-hybridized carbons (Fsp3) is 0.0714. The van der Waals surface area contributed by atoms with Gasteiger partial charge in [0.15, 0.2) is 0 Å². The summed E-state index contributed by atoms with van der Waals surface area (Å²) in [5.74, 6) is 0.696. The topological polar surface area (TPSA) is 77.8 Å². The highest BCUT2D eigenvalue weighted by Crippen LogP contribution is 2.34. The molecule has 106 valence electrons. The van der Waals surface area contributed by atoms with Crippen molar-refractivity contribution in [3.8, 4) is 22.8 Å². The molecule has 3 aromatic rings. The second kappa shape index (κ2) is 5.35. The van der Waals surface area contributed by atoms with Crippen LogP contribution in [0.5, 0.6) is 0 Å². The van der Waals surface area contributed by atoms with E-state index in [4.69, 9.17) is 33.5 Å². The van der Waals surface area contributed by atoms with Crippen LogP contribution in [0.25, 0.3) is 22.8 Å². The van der Waals surface area contributed by atoms with Gasteiger partial charge in [0, 0.05) is 23.0 Å². The Morgan fingerprint density at radius 3 is 2.76 bits per heavy atom. The normalized spacial score (nSPS) is 10.8. The summed E-state index contributed by atoms with van der Waals surface area (Å²) in [4.78, 5) is 8.40. The lowest BCUT2D eigenvalue weighted by Gasteiger charge is -2.03. The van der Waals surface area contributed by atoms with Crippen molar-refractivity contribution in [2.24, 2.45) is 0 Å². The Bertz CT molecular complexity index is 816. The van der Waals surface area contributed by atoms with Crippen LogP contribution in [0.1, 0.15) is 5.56 Å². The number of halogens is 2. The van der Waals surface area contributed by atoms with Crippen molar-refractivity contribution in [1.29, 1.82) is 0 Å². The van der Waals surface area contributed by atoms with Gasteiger partial charge in [-0.3, -0.25) is 4.98 Å². The molecule has 2 aromatic heterocycles. The average Bonchev–Trinajstić information content (AvgIpc) is 2.92. The average molecular weight is 321 g/mol. The number of nitrogen functional groups attached to an aromatic ring is 1. The van der Waals surface area contributed by atoms with Gasteiger partial charge in [-0.25, -0.2) is 0 Å². The molecule has 0 spiro atoms. The number of pyridine rings is 1. The number of hydrogen-bond donors (Lipinski definition) is 1. The number of anilines is 1. The predicted octanol–water partition coefficient (Wildman–Crippen LogP) is 4.00. The molecule has 5 nitrogen and oxygen atoms in total. The molecule has 0 saturated heterocycles. The van der Waals surface area contributed by atoms with E-state index in [-0.39, 0.29) is 5.89 Å². The van der Waals surface area contributed by atoms with Crippen LogP contribution in [0, 0.1) is 6.92 Å². The first-order chi connectivity index (χ1) is 10.1. The van der Waals surface area contributed by atoms with E-state index in [0.29, 0.717) is 27.1 Å². The third-order valence-electron chi connectivity index (χ3n) is 3.03. The molecule has 0 aliphatic rings. The van der Waals surface area contributed by atoms with Gasteiger partial charge in [0.25, 0.3) is 5.89 Å². The molecule has 0 saturated carbocycles. The Balaban J connectivity index is 2.09. The van der Waals surface area contributed by atoms with E-state index in [1.807, 2.05) is 13.0 Å². The van der Waals surface area contributed by atoms with Gasteiger partial charge >= 0.3 is 0 Å². The highest BCUT2D eigenvalue weighted by Gasteiger charge is 2.16. The van der Waals surface area contributed by atoms with Crippen molar-refractivity contribution in [3.05, 3.63) is 46.2 Å². The molecule has 0 radical (unpaired) electrons. The smallest absolute Gasteiger partial charge is 0.260 e. The fourth-order valence-corrected chi connectivity index (χ4v) is 2.40. The Morgan fingerprint density at radius 2 is 2.00 bits per heavy atom. The fourth-order valence-electron chi connectivity index (χ4n) is 1.90. The maximum Gasteiger partial charge on any atom is 0.260 e. The molecule has 1 aromatic carbocycles. The summed E-state index contributed by atoms with van der Waals surface area (Å²) in [6.07, 6.45) is 3.38. The van der Waals surface area contributed by atoms with Gasteiger partial charge in [0.2, 0.25) is 5.82 Å². The standard InChI is InChI=1S/C14H10Cl2N4O/c1-7-2-3-18-6-10(7)13-19-14(21-20-13)9-4-8(15)5-11(16)12(9)17/h2-6H,17H2,1H3. The number of benzene rings is 1. The molecule has 2 heterocycles. The van der Waals surface area contributed by atoms with Gasteiger partial charge in [-0.2, -0.15) is 4.98 Å². The van der Waals surface area contributed by atoms with E-state index < -0.39 is 0 Å². The van der Waals surface area contributed by atoms with Crippen molar-refractivity contribution in [2.45, 2.75) is 6.92 Å². The van der Waals surface area contributed by atoms with E-state index in [2.05, 4.69) is 15.1 Å². The van der Waals surface area contributed by atoms with Gasteiger partial charge < -0.3 is 10.3 Å². The minimum atomic E-state index is 0.259. The molecule has 0 aliphatic heterocycles. The first kappa shape index (κ1) is 13.9. The monoisotopic (exact) mass is 320 g/mol. The van der Waals surface area contributed by atoms with Crippen LogP contribution >= 0.6 is 23.2 Å². The second-order valence-electron chi connectivity index (χ2n) is 4.46. The molecule has 0 amide bonds. The zero-order valence-corrected chi connectivity index (χ0v) is 12.5. The Kier molecular flexibility index (Phi) is 3.53. The molecule has 3 rings (SSSR count). The number of aryl methyl sites for hydroxylation is 1. The third-order valence-corrected chi connectivity index (χ3v) is 3.56. The summed E-state index contributed by atoms with van der Waals surface area (Å²) in [5, 5.41) is 4.74. The number of nitrogens with two attached hydrogens (primary N) is 1. The Morgan fingerprint density at radius 1 is 1.19 bits per heavy atom. The van der Waals surface area contributed by atoms with Crippen LogP contribution in [0.3, 0.4) is 0 Å². The highest BCUT2D eigenvalue weighted by molar-refractivity contribution is 6.37. The summed E-state index contributed by atoms with van der Waals surface area (Å²) < 4.78 is 5.26. The lowest BCUT2D eigenvalue weighted by molar-refractivity contribution is 0.432. The third kappa shape index (κ3) is 2.57. The lowest BCUT2D eigenvalue weighted by atomic mass is 10.1. The van der Waals surface area contributed by atoms with Gasteiger partial charge in [0.05, 0.1) is 16.3 Å². The molecule has 0 aliphatic carbocycles. The summed E-state index contributed by atoms with van der Waals surface area (Å²) in [6.45, 7) is 1.94. The molecule has 0 fully saturated rings. The van der Waals surface area contributed by atoms with Crippen LogP contribution < -0.4 is 5.73 Å². The second-order valence-corrected chi connectivity index (χ2v) is 5.31. The van der Waals surface area contributed by atoms with Crippen LogP contribution in [-0.2, 0) is 0 Å². The van der Waals surface area contributed by atoms with Crippen LogP contribution in [0.15, 0.2) is 35.1 Å². The van der Waals surface area contributed by atoms with E-state index in [9.17, 15) is 0 Å². The number of hydrogen-bond acceptors (Lipinski definition) is 5. The zero-order valence-electron chi connectivity index (χ0n) is 11.0. The molecule has 7 heteroatoms.